The van der Waals surface area contributed by atoms with E-state index < -0.39 is 5.97 Å². The molecule has 0 aliphatic heterocycles. The van der Waals surface area contributed by atoms with Gasteiger partial charge in [-0.25, -0.2) is 4.79 Å². The molecule has 2 N–H and O–H groups in total. The van der Waals surface area contributed by atoms with Crippen LogP contribution in [0.3, 0.4) is 0 Å². The summed E-state index contributed by atoms with van der Waals surface area (Å²) < 4.78 is 0.624. The van der Waals surface area contributed by atoms with Crippen LogP contribution < -0.4 is 5.32 Å². The molecule has 1 aliphatic carbocycles. The zero-order chi connectivity index (χ0) is 11.7. The lowest BCUT2D eigenvalue weighted by Crippen LogP contribution is -2.10. The van der Waals surface area contributed by atoms with Gasteiger partial charge in [-0.1, -0.05) is 19.4 Å². The molecule has 2 rings (SSSR count). The van der Waals surface area contributed by atoms with Crippen LogP contribution in [0.25, 0.3) is 0 Å². The van der Waals surface area contributed by atoms with Gasteiger partial charge in [-0.15, -0.1) is 0 Å². The molecule has 0 heterocycles. The van der Waals surface area contributed by atoms with E-state index in [-0.39, 0.29) is 0 Å². The molecule has 3 nitrogen and oxygen atoms in total. The van der Waals surface area contributed by atoms with Crippen LogP contribution in [0, 0.1) is 5.92 Å². The highest BCUT2D eigenvalue weighted by atomic mass is 79.9. The summed E-state index contributed by atoms with van der Waals surface area (Å²) in [5.41, 5.74) is 1.03. The SMILES string of the molecule is CCC1CC1Nc1cccc(Br)c1C(=O)O. The van der Waals surface area contributed by atoms with Crippen molar-refractivity contribution in [3.05, 3.63) is 28.2 Å². The highest BCUT2D eigenvalue weighted by Crippen LogP contribution is 2.37. The summed E-state index contributed by atoms with van der Waals surface area (Å²) in [5.74, 6) is -0.204. The zero-order valence-corrected chi connectivity index (χ0v) is 10.6. The number of hydrogen-bond acceptors (Lipinski definition) is 2. The summed E-state index contributed by atoms with van der Waals surface area (Å²) >= 11 is 3.27. The van der Waals surface area contributed by atoms with E-state index in [4.69, 9.17) is 5.11 Å². The largest absolute Gasteiger partial charge is 0.478 e. The molecule has 1 fully saturated rings. The molecule has 0 bridgehead atoms. The van der Waals surface area contributed by atoms with Gasteiger partial charge in [0, 0.05) is 10.5 Å². The van der Waals surface area contributed by atoms with Crippen molar-refractivity contribution in [3.8, 4) is 0 Å². The van der Waals surface area contributed by atoms with Crippen LogP contribution in [-0.4, -0.2) is 17.1 Å². The van der Waals surface area contributed by atoms with Gasteiger partial charge in [0.15, 0.2) is 0 Å². The molecule has 86 valence electrons. The second-order valence-electron chi connectivity index (χ2n) is 4.12. The van der Waals surface area contributed by atoms with Gasteiger partial charge in [-0.2, -0.15) is 0 Å². The van der Waals surface area contributed by atoms with E-state index in [9.17, 15) is 4.79 Å². The third-order valence-electron chi connectivity index (χ3n) is 3.02. The van der Waals surface area contributed by atoms with E-state index in [1.807, 2.05) is 12.1 Å². The van der Waals surface area contributed by atoms with Crippen LogP contribution in [0.1, 0.15) is 30.1 Å². The molecule has 1 aromatic carbocycles. The Morgan fingerprint density at radius 2 is 2.38 bits per heavy atom. The molecular formula is C12H14BrNO2. The van der Waals surface area contributed by atoms with Crippen molar-refractivity contribution in [1.29, 1.82) is 0 Å². The maximum Gasteiger partial charge on any atom is 0.338 e. The van der Waals surface area contributed by atoms with Gasteiger partial charge in [-0.3, -0.25) is 0 Å². The Labute approximate surface area is 103 Å². The number of benzene rings is 1. The first-order valence-corrected chi connectivity index (χ1v) is 6.21. The lowest BCUT2D eigenvalue weighted by Gasteiger charge is -2.10. The van der Waals surface area contributed by atoms with E-state index in [0.717, 1.165) is 12.8 Å². The Balaban J connectivity index is 2.20. The van der Waals surface area contributed by atoms with Crippen molar-refractivity contribution in [2.24, 2.45) is 5.92 Å². The lowest BCUT2D eigenvalue weighted by molar-refractivity contribution is 0.0697. The predicted octanol–water partition coefficient (Wildman–Crippen LogP) is 3.36. The number of hydrogen-bond donors (Lipinski definition) is 2. The molecule has 0 radical (unpaired) electrons. The van der Waals surface area contributed by atoms with Crippen molar-refractivity contribution >= 4 is 27.6 Å². The van der Waals surface area contributed by atoms with Gasteiger partial charge in [0.1, 0.15) is 0 Å². The van der Waals surface area contributed by atoms with Gasteiger partial charge in [0.2, 0.25) is 0 Å². The molecule has 16 heavy (non-hydrogen) atoms. The van der Waals surface area contributed by atoms with Crippen molar-refractivity contribution in [2.45, 2.75) is 25.8 Å². The quantitative estimate of drug-likeness (QED) is 0.891. The van der Waals surface area contributed by atoms with Crippen molar-refractivity contribution in [1.82, 2.24) is 0 Å². The van der Waals surface area contributed by atoms with Crippen molar-refractivity contribution < 1.29 is 9.90 Å². The van der Waals surface area contributed by atoms with E-state index in [1.54, 1.807) is 6.07 Å². The van der Waals surface area contributed by atoms with Gasteiger partial charge in [-0.05, 0) is 40.4 Å². The maximum atomic E-state index is 11.1. The van der Waals surface area contributed by atoms with Crippen LogP contribution in [0.4, 0.5) is 5.69 Å². The molecule has 0 aromatic heterocycles. The van der Waals surface area contributed by atoms with E-state index in [1.165, 1.54) is 0 Å². The fourth-order valence-electron chi connectivity index (χ4n) is 1.94. The summed E-state index contributed by atoms with van der Waals surface area (Å²) in [7, 11) is 0. The molecular weight excluding hydrogens is 270 g/mol. The summed E-state index contributed by atoms with van der Waals surface area (Å²) in [5, 5.41) is 12.4. The molecule has 0 saturated heterocycles. The standard InChI is InChI=1S/C12H14BrNO2/c1-2-7-6-10(7)14-9-5-3-4-8(13)11(9)12(15)16/h3-5,7,10,14H,2,6H2,1H3,(H,15,16). The first kappa shape index (κ1) is 11.5. The number of aromatic carboxylic acids is 1. The Kier molecular flexibility index (Phi) is 3.19. The molecule has 0 amide bonds. The normalized spacial score (nSPS) is 22.9. The number of carbonyl (C=O) groups is 1. The Hall–Kier alpha value is -1.03. The first-order chi connectivity index (χ1) is 7.63. The fourth-order valence-corrected chi connectivity index (χ4v) is 2.47. The maximum absolute atomic E-state index is 11.1. The molecule has 1 saturated carbocycles. The fraction of sp³-hybridized carbons (Fsp3) is 0.417. The highest BCUT2D eigenvalue weighted by Gasteiger charge is 2.35. The van der Waals surface area contributed by atoms with Crippen LogP contribution >= 0.6 is 15.9 Å². The van der Waals surface area contributed by atoms with Crippen molar-refractivity contribution in [3.63, 3.8) is 0 Å². The number of rotatable bonds is 4. The summed E-state index contributed by atoms with van der Waals surface area (Å²) in [6.45, 7) is 2.16. The van der Waals surface area contributed by atoms with Gasteiger partial charge in [0.25, 0.3) is 0 Å². The molecule has 2 unspecified atom stereocenters. The summed E-state index contributed by atoms with van der Waals surface area (Å²) in [6.07, 6.45) is 2.29. The molecule has 4 heteroatoms. The van der Waals surface area contributed by atoms with Gasteiger partial charge >= 0.3 is 5.97 Å². The summed E-state index contributed by atoms with van der Waals surface area (Å²) in [6, 6.07) is 5.86. The Morgan fingerprint density at radius 1 is 1.62 bits per heavy atom. The minimum atomic E-state index is -0.899. The molecule has 2 atom stereocenters. The third-order valence-corrected chi connectivity index (χ3v) is 3.68. The second-order valence-corrected chi connectivity index (χ2v) is 4.98. The number of halogens is 1. The number of nitrogens with one attached hydrogen (secondary N) is 1. The van der Waals surface area contributed by atoms with E-state index in [0.29, 0.717) is 27.7 Å². The minimum absolute atomic E-state index is 0.323. The van der Waals surface area contributed by atoms with Gasteiger partial charge in [0.05, 0.1) is 11.3 Å². The molecule has 0 spiro atoms. The first-order valence-electron chi connectivity index (χ1n) is 5.41. The monoisotopic (exact) mass is 283 g/mol. The smallest absolute Gasteiger partial charge is 0.338 e. The number of anilines is 1. The number of carboxylic acid groups (broad SMARTS) is 1. The topological polar surface area (TPSA) is 49.3 Å². The van der Waals surface area contributed by atoms with Gasteiger partial charge < -0.3 is 10.4 Å². The average molecular weight is 284 g/mol. The molecule has 1 aromatic rings. The number of carboxylic acids is 1. The average Bonchev–Trinajstić information content (AvgIpc) is 2.96. The van der Waals surface area contributed by atoms with Crippen molar-refractivity contribution in [2.75, 3.05) is 5.32 Å². The zero-order valence-electron chi connectivity index (χ0n) is 9.03. The van der Waals surface area contributed by atoms with E-state index >= 15 is 0 Å². The Morgan fingerprint density at radius 3 is 2.94 bits per heavy atom. The minimum Gasteiger partial charge on any atom is -0.478 e. The van der Waals surface area contributed by atoms with Crippen LogP contribution in [-0.2, 0) is 0 Å². The van der Waals surface area contributed by atoms with E-state index in [2.05, 4.69) is 28.2 Å². The predicted molar refractivity (Wildman–Crippen MR) is 66.9 cm³/mol. The second kappa shape index (κ2) is 4.45. The van der Waals surface area contributed by atoms with Crippen LogP contribution in [0.5, 0.6) is 0 Å². The third kappa shape index (κ3) is 2.21. The van der Waals surface area contributed by atoms with Crippen LogP contribution in [0.15, 0.2) is 22.7 Å². The van der Waals surface area contributed by atoms with Crippen LogP contribution in [0.2, 0.25) is 0 Å². The molecule has 1 aliphatic rings. The highest BCUT2D eigenvalue weighted by molar-refractivity contribution is 9.10. The summed E-state index contributed by atoms with van der Waals surface area (Å²) in [4.78, 5) is 11.1. The Bertz CT molecular complexity index is 419. The lowest BCUT2D eigenvalue weighted by atomic mass is 10.1.